The lowest BCUT2D eigenvalue weighted by molar-refractivity contribution is 0.102. The van der Waals surface area contributed by atoms with E-state index in [1.807, 2.05) is 42.5 Å². The Balaban J connectivity index is 1.57. The zero-order chi connectivity index (χ0) is 16.1. The van der Waals surface area contributed by atoms with Gasteiger partial charge in [-0.1, -0.05) is 29.8 Å². The highest BCUT2D eigenvalue weighted by Crippen LogP contribution is 2.20. The molecule has 0 saturated carbocycles. The second-order valence-corrected chi connectivity index (χ2v) is 6.53. The largest absolute Gasteiger partial charge is 0.380 e. The lowest BCUT2D eigenvalue weighted by Crippen LogP contribution is -2.11. The second kappa shape index (κ2) is 7.26. The van der Waals surface area contributed by atoms with Crippen LogP contribution in [0.1, 0.15) is 15.2 Å². The van der Waals surface area contributed by atoms with Crippen LogP contribution < -0.4 is 10.6 Å². The van der Waals surface area contributed by atoms with Gasteiger partial charge in [-0.2, -0.15) is 0 Å². The molecule has 1 heterocycles. The minimum absolute atomic E-state index is 0.120. The number of thiazole rings is 1. The molecule has 0 fully saturated rings. The van der Waals surface area contributed by atoms with Gasteiger partial charge in [0.1, 0.15) is 0 Å². The summed E-state index contributed by atoms with van der Waals surface area (Å²) in [7, 11) is 0. The van der Waals surface area contributed by atoms with Crippen LogP contribution in [0.5, 0.6) is 0 Å². The third kappa shape index (κ3) is 4.31. The molecule has 0 bridgehead atoms. The van der Waals surface area contributed by atoms with Crippen molar-refractivity contribution in [3.63, 3.8) is 0 Å². The third-order valence-electron chi connectivity index (χ3n) is 3.17. The van der Waals surface area contributed by atoms with Crippen LogP contribution in [-0.2, 0) is 6.54 Å². The molecule has 0 radical (unpaired) electrons. The monoisotopic (exact) mass is 343 g/mol. The van der Waals surface area contributed by atoms with Crippen molar-refractivity contribution in [1.29, 1.82) is 0 Å². The molecule has 0 atom stereocenters. The van der Waals surface area contributed by atoms with E-state index in [0.717, 1.165) is 16.3 Å². The van der Waals surface area contributed by atoms with Crippen LogP contribution in [0.4, 0.5) is 11.4 Å². The summed E-state index contributed by atoms with van der Waals surface area (Å²) in [5.41, 5.74) is 2.36. The Hall–Kier alpha value is -2.37. The molecular formula is C17H14ClN3OS. The van der Waals surface area contributed by atoms with Crippen LogP contribution in [0.25, 0.3) is 0 Å². The highest BCUT2D eigenvalue weighted by molar-refractivity contribution is 7.15. The zero-order valence-corrected chi connectivity index (χ0v) is 13.7. The lowest BCUT2D eigenvalue weighted by Gasteiger charge is -2.08. The number of amides is 1. The van der Waals surface area contributed by atoms with Gasteiger partial charge in [0.25, 0.3) is 5.91 Å². The number of carbonyl (C=O) groups is 1. The first kappa shape index (κ1) is 15.5. The second-order valence-electron chi connectivity index (χ2n) is 4.83. The molecule has 0 aliphatic rings. The Bertz CT molecular complexity index is 787. The zero-order valence-electron chi connectivity index (χ0n) is 12.1. The molecule has 3 rings (SSSR count). The summed E-state index contributed by atoms with van der Waals surface area (Å²) in [4.78, 5) is 17.1. The summed E-state index contributed by atoms with van der Waals surface area (Å²) in [6, 6.07) is 16.7. The summed E-state index contributed by atoms with van der Waals surface area (Å²) < 4.78 is 0.542. The van der Waals surface area contributed by atoms with Gasteiger partial charge in [-0.15, -0.1) is 11.3 Å². The molecule has 2 aromatic carbocycles. The van der Waals surface area contributed by atoms with Gasteiger partial charge < -0.3 is 10.6 Å². The quantitative estimate of drug-likeness (QED) is 0.708. The number of hydrogen-bond donors (Lipinski definition) is 2. The number of nitrogens with one attached hydrogen (secondary N) is 2. The molecule has 4 nitrogen and oxygen atoms in total. The molecule has 3 aromatic rings. The summed E-state index contributed by atoms with van der Waals surface area (Å²) in [5, 5.41) is 6.16. The Kier molecular flexibility index (Phi) is 4.90. The predicted molar refractivity (Wildman–Crippen MR) is 95.3 cm³/mol. The van der Waals surface area contributed by atoms with E-state index in [-0.39, 0.29) is 5.91 Å². The van der Waals surface area contributed by atoms with Gasteiger partial charge in [0.2, 0.25) is 0 Å². The molecule has 23 heavy (non-hydrogen) atoms. The highest BCUT2D eigenvalue weighted by Gasteiger charge is 2.05. The van der Waals surface area contributed by atoms with Gasteiger partial charge in [-0.3, -0.25) is 4.79 Å². The minimum atomic E-state index is -0.120. The molecule has 6 heteroatoms. The van der Waals surface area contributed by atoms with Crippen LogP contribution in [0.2, 0.25) is 4.47 Å². The summed E-state index contributed by atoms with van der Waals surface area (Å²) in [5.74, 6) is -0.120. The van der Waals surface area contributed by atoms with E-state index in [9.17, 15) is 4.79 Å². The van der Waals surface area contributed by atoms with Crippen LogP contribution in [0.3, 0.4) is 0 Å². The Labute approximate surface area is 143 Å². The van der Waals surface area contributed by atoms with Crippen LogP contribution in [0.15, 0.2) is 60.8 Å². The molecule has 0 unspecified atom stereocenters. The first-order valence-corrected chi connectivity index (χ1v) is 8.21. The Morgan fingerprint density at radius 3 is 2.39 bits per heavy atom. The molecule has 116 valence electrons. The van der Waals surface area contributed by atoms with Crippen LogP contribution in [-0.4, -0.2) is 10.9 Å². The van der Waals surface area contributed by atoms with E-state index in [2.05, 4.69) is 15.6 Å². The van der Waals surface area contributed by atoms with Crippen molar-refractivity contribution < 1.29 is 4.79 Å². The fraction of sp³-hybridized carbons (Fsp3) is 0.0588. The molecule has 2 N–H and O–H groups in total. The number of rotatable bonds is 5. The fourth-order valence-corrected chi connectivity index (χ4v) is 2.94. The van der Waals surface area contributed by atoms with Crippen LogP contribution in [0, 0.1) is 0 Å². The standard InChI is InChI=1S/C17H14ClN3OS/c18-17-20-11-15(23-17)10-19-13-6-8-14(9-7-13)21-16(22)12-4-2-1-3-5-12/h1-9,11,19H,10H2,(H,21,22). The summed E-state index contributed by atoms with van der Waals surface area (Å²) in [6.07, 6.45) is 1.76. The normalized spacial score (nSPS) is 10.3. The van der Waals surface area contributed by atoms with E-state index in [4.69, 9.17) is 11.6 Å². The van der Waals surface area contributed by atoms with Crippen molar-refractivity contribution in [2.45, 2.75) is 6.54 Å². The van der Waals surface area contributed by atoms with Gasteiger partial charge >= 0.3 is 0 Å². The van der Waals surface area contributed by atoms with E-state index < -0.39 is 0 Å². The first-order chi connectivity index (χ1) is 11.2. The van der Waals surface area contributed by atoms with Gasteiger partial charge in [0.15, 0.2) is 4.47 Å². The average Bonchev–Trinajstić information content (AvgIpc) is 3.00. The SMILES string of the molecule is O=C(Nc1ccc(NCc2cnc(Cl)s2)cc1)c1ccccc1. The predicted octanol–water partition coefficient (Wildman–Crippen LogP) is 4.66. The molecular weight excluding hydrogens is 330 g/mol. The van der Waals surface area contributed by atoms with Crippen molar-refractivity contribution in [2.75, 3.05) is 10.6 Å². The summed E-state index contributed by atoms with van der Waals surface area (Å²) in [6.45, 7) is 0.667. The van der Waals surface area contributed by atoms with Crippen molar-refractivity contribution in [1.82, 2.24) is 4.98 Å². The maximum absolute atomic E-state index is 12.1. The number of anilines is 2. The molecule has 0 spiro atoms. The summed E-state index contributed by atoms with van der Waals surface area (Å²) >= 11 is 7.25. The van der Waals surface area contributed by atoms with Crippen molar-refractivity contribution >= 4 is 40.2 Å². The Morgan fingerprint density at radius 1 is 1.04 bits per heavy atom. The molecule has 1 aromatic heterocycles. The molecule has 0 saturated heterocycles. The minimum Gasteiger partial charge on any atom is -0.380 e. The third-order valence-corrected chi connectivity index (χ3v) is 4.29. The maximum atomic E-state index is 12.1. The number of halogens is 1. The highest BCUT2D eigenvalue weighted by atomic mass is 35.5. The smallest absolute Gasteiger partial charge is 0.255 e. The van der Waals surface area contributed by atoms with E-state index in [0.29, 0.717) is 16.6 Å². The number of benzene rings is 2. The van der Waals surface area contributed by atoms with Gasteiger partial charge in [-0.25, -0.2) is 4.98 Å². The molecule has 0 aliphatic carbocycles. The number of nitrogens with zero attached hydrogens (tertiary/aromatic N) is 1. The Morgan fingerprint density at radius 2 is 1.74 bits per heavy atom. The van der Waals surface area contributed by atoms with Crippen molar-refractivity contribution in [3.05, 3.63) is 75.7 Å². The van der Waals surface area contributed by atoms with E-state index in [1.54, 1.807) is 18.3 Å². The number of hydrogen-bond acceptors (Lipinski definition) is 4. The van der Waals surface area contributed by atoms with Gasteiger partial charge in [-0.05, 0) is 36.4 Å². The van der Waals surface area contributed by atoms with E-state index in [1.165, 1.54) is 11.3 Å². The first-order valence-electron chi connectivity index (χ1n) is 7.01. The molecule has 0 aliphatic heterocycles. The van der Waals surface area contributed by atoms with Crippen molar-refractivity contribution in [2.24, 2.45) is 0 Å². The average molecular weight is 344 g/mol. The lowest BCUT2D eigenvalue weighted by atomic mass is 10.2. The van der Waals surface area contributed by atoms with Crippen LogP contribution >= 0.6 is 22.9 Å². The van der Waals surface area contributed by atoms with Crippen molar-refractivity contribution in [3.8, 4) is 0 Å². The van der Waals surface area contributed by atoms with Gasteiger partial charge in [0, 0.05) is 28.0 Å². The van der Waals surface area contributed by atoms with Gasteiger partial charge in [0.05, 0.1) is 6.54 Å². The maximum Gasteiger partial charge on any atom is 0.255 e. The molecule has 1 amide bonds. The number of carbonyl (C=O) groups excluding carboxylic acids is 1. The van der Waals surface area contributed by atoms with E-state index >= 15 is 0 Å². The number of aromatic nitrogens is 1. The fourth-order valence-electron chi connectivity index (χ4n) is 2.02. The topological polar surface area (TPSA) is 54.0 Å².